The van der Waals surface area contributed by atoms with Crippen LogP contribution in [0.3, 0.4) is 0 Å². The summed E-state index contributed by atoms with van der Waals surface area (Å²) in [6, 6.07) is 9.81. The molecule has 0 aliphatic heterocycles. The van der Waals surface area contributed by atoms with Crippen LogP contribution in [0.4, 0.5) is 10.4 Å². The lowest BCUT2D eigenvalue weighted by Gasteiger charge is -1.99. The van der Waals surface area contributed by atoms with Crippen molar-refractivity contribution < 1.29 is 17.2 Å². The van der Waals surface area contributed by atoms with Crippen LogP contribution in [0.5, 0.6) is 0 Å². The molecular formula is C16H12FN3O3S. The molecule has 0 aliphatic carbocycles. The molecule has 8 heteroatoms. The zero-order valence-electron chi connectivity index (χ0n) is 12.5. The Morgan fingerprint density at radius 2 is 2.04 bits per heavy atom. The van der Waals surface area contributed by atoms with Gasteiger partial charge in [-0.15, -0.1) is 0 Å². The number of fused-ring (bicyclic) bond motifs is 2. The lowest BCUT2D eigenvalue weighted by Crippen LogP contribution is -2.09. The van der Waals surface area contributed by atoms with Crippen LogP contribution in [0, 0.1) is 5.82 Å². The van der Waals surface area contributed by atoms with E-state index in [9.17, 15) is 12.8 Å². The topological polar surface area (TPSA) is 88.0 Å². The fourth-order valence-electron chi connectivity index (χ4n) is 2.63. The first-order valence-electron chi connectivity index (χ1n) is 7.04. The quantitative estimate of drug-likeness (QED) is 0.595. The number of hydrogen-bond donors (Lipinski definition) is 2. The van der Waals surface area contributed by atoms with Crippen LogP contribution in [0.15, 0.2) is 47.0 Å². The molecule has 0 atom stereocenters. The molecule has 0 fully saturated rings. The van der Waals surface area contributed by atoms with Crippen LogP contribution in [-0.4, -0.2) is 24.6 Å². The van der Waals surface area contributed by atoms with Gasteiger partial charge in [0.25, 0.3) is 0 Å². The molecule has 0 bridgehead atoms. The van der Waals surface area contributed by atoms with Gasteiger partial charge in [0.15, 0.2) is 5.58 Å². The smallest absolute Gasteiger partial charge is 0.309 e. The Kier molecular flexibility index (Phi) is 3.10. The van der Waals surface area contributed by atoms with E-state index in [1.165, 1.54) is 12.1 Å². The van der Waals surface area contributed by atoms with Gasteiger partial charge in [0.05, 0.1) is 6.26 Å². The highest BCUT2D eigenvalue weighted by molar-refractivity contribution is 7.91. The van der Waals surface area contributed by atoms with E-state index < -0.39 is 10.0 Å². The van der Waals surface area contributed by atoms with Crippen molar-refractivity contribution in [3.05, 3.63) is 48.4 Å². The van der Waals surface area contributed by atoms with Crippen LogP contribution >= 0.6 is 0 Å². The number of H-pyrrole nitrogens is 1. The van der Waals surface area contributed by atoms with Crippen molar-refractivity contribution in [1.29, 1.82) is 0 Å². The van der Waals surface area contributed by atoms with E-state index in [0.717, 1.165) is 22.8 Å². The van der Waals surface area contributed by atoms with Crippen molar-refractivity contribution in [3.63, 3.8) is 0 Å². The fourth-order valence-corrected chi connectivity index (χ4v) is 3.04. The van der Waals surface area contributed by atoms with E-state index in [4.69, 9.17) is 4.42 Å². The van der Waals surface area contributed by atoms with Gasteiger partial charge < -0.3 is 9.40 Å². The van der Waals surface area contributed by atoms with Crippen molar-refractivity contribution >= 4 is 38.0 Å². The molecule has 0 amide bonds. The first-order valence-corrected chi connectivity index (χ1v) is 8.93. The van der Waals surface area contributed by atoms with Gasteiger partial charge in [-0.3, -0.25) is 0 Å². The third-order valence-corrected chi connectivity index (χ3v) is 4.16. The van der Waals surface area contributed by atoms with E-state index in [1.807, 2.05) is 6.07 Å². The maximum absolute atomic E-state index is 13.3. The maximum atomic E-state index is 13.3. The molecule has 2 aromatic carbocycles. The zero-order valence-corrected chi connectivity index (χ0v) is 13.3. The summed E-state index contributed by atoms with van der Waals surface area (Å²) in [4.78, 5) is 7.17. The molecule has 0 spiro atoms. The number of aromatic nitrogens is 2. The van der Waals surface area contributed by atoms with E-state index in [2.05, 4.69) is 14.7 Å². The summed E-state index contributed by atoms with van der Waals surface area (Å²) in [6.45, 7) is 0. The number of nitrogens with one attached hydrogen (secondary N) is 2. The summed E-state index contributed by atoms with van der Waals surface area (Å²) in [7, 11) is -3.46. The Balaban J connectivity index is 1.81. The first-order chi connectivity index (χ1) is 11.4. The van der Waals surface area contributed by atoms with Crippen molar-refractivity contribution in [2.24, 2.45) is 0 Å². The number of oxazole rings is 1. The molecule has 0 unspecified atom stereocenters. The van der Waals surface area contributed by atoms with Gasteiger partial charge in [0, 0.05) is 22.7 Å². The van der Waals surface area contributed by atoms with E-state index in [-0.39, 0.29) is 11.8 Å². The largest absolute Gasteiger partial charge is 0.423 e. The number of hydrogen-bond acceptors (Lipinski definition) is 4. The molecule has 4 rings (SSSR count). The number of sulfonamides is 1. The molecule has 2 heterocycles. The Hall–Kier alpha value is -2.87. The van der Waals surface area contributed by atoms with Gasteiger partial charge in [-0.2, -0.15) is 4.98 Å². The Morgan fingerprint density at radius 3 is 2.83 bits per heavy atom. The number of halogens is 1. The zero-order chi connectivity index (χ0) is 16.9. The van der Waals surface area contributed by atoms with Gasteiger partial charge in [0.2, 0.25) is 10.0 Å². The third-order valence-electron chi connectivity index (χ3n) is 3.62. The molecule has 0 aliphatic rings. The van der Waals surface area contributed by atoms with Crippen molar-refractivity contribution in [1.82, 2.24) is 9.97 Å². The predicted molar refractivity (Wildman–Crippen MR) is 89.7 cm³/mol. The minimum absolute atomic E-state index is 0.0781. The van der Waals surface area contributed by atoms with Gasteiger partial charge in [0.1, 0.15) is 11.3 Å². The van der Waals surface area contributed by atoms with Crippen LogP contribution < -0.4 is 4.72 Å². The highest BCUT2D eigenvalue weighted by Crippen LogP contribution is 2.31. The molecule has 2 aromatic heterocycles. The highest BCUT2D eigenvalue weighted by Gasteiger charge is 2.12. The van der Waals surface area contributed by atoms with Crippen LogP contribution in [-0.2, 0) is 10.0 Å². The Bertz CT molecular complexity index is 1180. The van der Waals surface area contributed by atoms with Crippen LogP contribution in [0.1, 0.15) is 0 Å². The second-order valence-corrected chi connectivity index (χ2v) is 7.22. The second-order valence-electron chi connectivity index (χ2n) is 5.47. The summed E-state index contributed by atoms with van der Waals surface area (Å²) >= 11 is 0. The monoisotopic (exact) mass is 345 g/mol. The maximum Gasteiger partial charge on any atom is 0.309 e. The molecule has 0 saturated carbocycles. The van der Waals surface area contributed by atoms with Crippen molar-refractivity contribution in [2.75, 3.05) is 11.0 Å². The number of nitrogens with zero attached hydrogens (tertiary/aromatic N) is 1. The number of rotatable bonds is 3. The molecule has 0 saturated heterocycles. The summed E-state index contributed by atoms with van der Waals surface area (Å²) < 4.78 is 43.4. The van der Waals surface area contributed by atoms with Crippen LogP contribution in [0.25, 0.3) is 33.1 Å². The average Bonchev–Trinajstić information content (AvgIpc) is 3.06. The third kappa shape index (κ3) is 2.61. The average molecular weight is 345 g/mol. The normalized spacial score (nSPS) is 12.1. The number of benzene rings is 2. The summed E-state index contributed by atoms with van der Waals surface area (Å²) in [6.07, 6.45) is 2.82. The highest BCUT2D eigenvalue weighted by atomic mass is 32.2. The minimum atomic E-state index is -3.46. The standard InChI is InChI=1S/C16H12FN3O3S/c1-24(21,22)20-16-19-14-6-9(2-5-15(14)23-16)12-8-18-13-7-10(17)3-4-11(12)13/h2-8,18H,1H3,(H,19,20). The van der Waals surface area contributed by atoms with E-state index in [0.29, 0.717) is 16.6 Å². The lowest BCUT2D eigenvalue weighted by molar-refractivity contribution is 0.596. The van der Waals surface area contributed by atoms with Gasteiger partial charge in [-0.05, 0) is 35.9 Å². The molecule has 24 heavy (non-hydrogen) atoms. The summed E-state index contributed by atoms with van der Waals surface area (Å²) in [5, 5.41) is 0.883. The van der Waals surface area contributed by atoms with E-state index in [1.54, 1.807) is 24.4 Å². The van der Waals surface area contributed by atoms with Gasteiger partial charge >= 0.3 is 6.01 Å². The van der Waals surface area contributed by atoms with Gasteiger partial charge in [-0.1, -0.05) is 6.07 Å². The number of aromatic amines is 1. The predicted octanol–water partition coefficient (Wildman–Crippen LogP) is 3.49. The van der Waals surface area contributed by atoms with Crippen molar-refractivity contribution in [3.8, 4) is 11.1 Å². The Labute approximate surface area is 136 Å². The van der Waals surface area contributed by atoms with E-state index >= 15 is 0 Å². The van der Waals surface area contributed by atoms with Gasteiger partial charge in [-0.25, -0.2) is 17.5 Å². The summed E-state index contributed by atoms with van der Waals surface area (Å²) in [5.41, 5.74) is 3.45. The molecule has 2 N–H and O–H groups in total. The van der Waals surface area contributed by atoms with Crippen LogP contribution in [0.2, 0.25) is 0 Å². The minimum Gasteiger partial charge on any atom is -0.423 e. The molecule has 6 nitrogen and oxygen atoms in total. The number of anilines is 1. The molecular weight excluding hydrogens is 333 g/mol. The Morgan fingerprint density at radius 1 is 1.21 bits per heavy atom. The molecule has 4 aromatic rings. The first kappa shape index (κ1) is 14.7. The second kappa shape index (κ2) is 5.07. The molecule has 122 valence electrons. The SMILES string of the molecule is CS(=O)(=O)Nc1nc2cc(-c3c[nH]c4cc(F)ccc34)ccc2o1. The molecule has 0 radical (unpaired) electrons. The van der Waals surface area contributed by atoms with Crippen molar-refractivity contribution in [2.45, 2.75) is 0 Å². The fraction of sp³-hybridized carbons (Fsp3) is 0.0625. The lowest BCUT2D eigenvalue weighted by atomic mass is 10.0. The summed E-state index contributed by atoms with van der Waals surface area (Å²) in [5.74, 6) is -0.306.